The summed E-state index contributed by atoms with van der Waals surface area (Å²) in [5.74, 6) is -0.232. The van der Waals surface area contributed by atoms with Crippen LogP contribution in [-0.4, -0.2) is 48.6 Å². The van der Waals surface area contributed by atoms with Crippen LogP contribution in [0.4, 0.5) is 5.82 Å². The Labute approximate surface area is 130 Å². The first-order valence-corrected chi connectivity index (χ1v) is 9.21. The molecule has 0 unspecified atom stereocenters. The molecule has 1 aliphatic rings. The van der Waals surface area contributed by atoms with E-state index in [4.69, 9.17) is 0 Å². The van der Waals surface area contributed by atoms with Crippen molar-refractivity contribution in [1.29, 1.82) is 0 Å². The van der Waals surface area contributed by atoms with Crippen molar-refractivity contribution >= 4 is 21.6 Å². The molecule has 1 aromatic rings. The Balaban J connectivity index is 1.68. The van der Waals surface area contributed by atoms with Gasteiger partial charge in [-0.3, -0.25) is 4.79 Å². The van der Waals surface area contributed by atoms with Crippen molar-refractivity contribution in [2.24, 2.45) is 0 Å². The number of sulfone groups is 1. The molecule has 1 saturated carbocycles. The van der Waals surface area contributed by atoms with Crippen molar-refractivity contribution in [2.75, 3.05) is 24.2 Å². The van der Waals surface area contributed by atoms with Gasteiger partial charge in [-0.2, -0.15) is 5.10 Å². The van der Waals surface area contributed by atoms with Crippen molar-refractivity contribution < 1.29 is 13.2 Å². The average molecular weight is 326 g/mol. The zero-order valence-corrected chi connectivity index (χ0v) is 13.5. The van der Waals surface area contributed by atoms with Gasteiger partial charge in [0.15, 0.2) is 9.84 Å². The molecule has 1 heterocycles. The maximum atomic E-state index is 12.0. The SMILES string of the molecule is Cc1ccc(NCCNC(=O)CS(=O)(=O)C2CCCC2)nn1. The summed E-state index contributed by atoms with van der Waals surface area (Å²) in [5.41, 5.74) is 0.830. The second-order valence-corrected chi connectivity index (χ2v) is 7.83. The number of amides is 1. The summed E-state index contributed by atoms with van der Waals surface area (Å²) in [6, 6.07) is 3.64. The Kier molecular flexibility index (Phi) is 5.70. The lowest BCUT2D eigenvalue weighted by molar-refractivity contribution is -0.118. The van der Waals surface area contributed by atoms with Crippen molar-refractivity contribution in [3.05, 3.63) is 17.8 Å². The first-order chi connectivity index (χ1) is 10.5. The number of carbonyl (C=O) groups is 1. The number of nitrogens with one attached hydrogen (secondary N) is 2. The van der Waals surface area contributed by atoms with Crippen molar-refractivity contribution in [3.8, 4) is 0 Å². The number of rotatable bonds is 7. The molecule has 0 atom stereocenters. The summed E-state index contributed by atoms with van der Waals surface area (Å²) in [4.78, 5) is 11.7. The maximum Gasteiger partial charge on any atom is 0.235 e. The molecule has 2 N–H and O–H groups in total. The van der Waals surface area contributed by atoms with E-state index < -0.39 is 21.5 Å². The Morgan fingerprint density at radius 3 is 2.59 bits per heavy atom. The summed E-state index contributed by atoms with van der Waals surface area (Å²) < 4.78 is 24.1. The Morgan fingerprint density at radius 2 is 1.95 bits per heavy atom. The third kappa shape index (κ3) is 4.94. The van der Waals surface area contributed by atoms with Gasteiger partial charge < -0.3 is 10.6 Å². The van der Waals surface area contributed by atoms with Crippen LogP contribution in [0, 0.1) is 6.92 Å². The molecule has 22 heavy (non-hydrogen) atoms. The van der Waals surface area contributed by atoms with Gasteiger partial charge in [-0.15, -0.1) is 5.10 Å². The van der Waals surface area contributed by atoms with Crippen LogP contribution in [0.5, 0.6) is 0 Å². The molecule has 1 fully saturated rings. The summed E-state index contributed by atoms with van der Waals surface area (Å²) in [7, 11) is -3.31. The third-order valence-corrected chi connectivity index (χ3v) is 5.85. The second-order valence-electron chi connectivity index (χ2n) is 5.55. The number of carbonyl (C=O) groups excluding carboxylic acids is 1. The molecule has 122 valence electrons. The predicted octanol–water partition coefficient (Wildman–Crippen LogP) is 0.671. The predicted molar refractivity (Wildman–Crippen MR) is 84.3 cm³/mol. The lowest BCUT2D eigenvalue weighted by Gasteiger charge is -2.11. The molecule has 1 aliphatic carbocycles. The quantitative estimate of drug-likeness (QED) is 0.714. The highest BCUT2D eigenvalue weighted by Crippen LogP contribution is 2.24. The van der Waals surface area contributed by atoms with Gasteiger partial charge in [0.1, 0.15) is 11.6 Å². The zero-order valence-electron chi connectivity index (χ0n) is 12.7. The summed E-state index contributed by atoms with van der Waals surface area (Å²) in [6.45, 7) is 2.66. The van der Waals surface area contributed by atoms with E-state index in [0.717, 1.165) is 18.5 Å². The van der Waals surface area contributed by atoms with E-state index in [2.05, 4.69) is 20.8 Å². The molecule has 1 aromatic heterocycles. The van der Waals surface area contributed by atoms with E-state index in [0.29, 0.717) is 31.7 Å². The molecule has 0 aromatic carbocycles. The highest BCUT2D eigenvalue weighted by Gasteiger charge is 2.30. The van der Waals surface area contributed by atoms with Gasteiger partial charge in [-0.05, 0) is 31.9 Å². The monoisotopic (exact) mass is 326 g/mol. The maximum absolute atomic E-state index is 12.0. The average Bonchev–Trinajstić information content (AvgIpc) is 3.00. The van der Waals surface area contributed by atoms with Crippen LogP contribution in [0.25, 0.3) is 0 Å². The number of aromatic nitrogens is 2. The van der Waals surface area contributed by atoms with E-state index in [1.54, 1.807) is 6.07 Å². The molecule has 1 amide bonds. The molecule has 2 rings (SSSR count). The number of hydrogen-bond acceptors (Lipinski definition) is 6. The fourth-order valence-electron chi connectivity index (χ4n) is 2.48. The molecule has 8 heteroatoms. The Bertz CT molecular complexity index is 595. The highest BCUT2D eigenvalue weighted by atomic mass is 32.2. The largest absolute Gasteiger partial charge is 0.367 e. The normalized spacial score (nSPS) is 15.7. The number of anilines is 1. The topological polar surface area (TPSA) is 101 Å². The van der Waals surface area contributed by atoms with E-state index >= 15 is 0 Å². The molecule has 0 bridgehead atoms. The van der Waals surface area contributed by atoms with Crippen LogP contribution >= 0.6 is 0 Å². The van der Waals surface area contributed by atoms with Gasteiger partial charge in [0.2, 0.25) is 5.91 Å². The van der Waals surface area contributed by atoms with Gasteiger partial charge in [0.25, 0.3) is 0 Å². The van der Waals surface area contributed by atoms with Crippen molar-refractivity contribution in [1.82, 2.24) is 15.5 Å². The van der Waals surface area contributed by atoms with Crippen LogP contribution in [0.1, 0.15) is 31.4 Å². The molecule has 0 aliphatic heterocycles. The second kappa shape index (κ2) is 7.53. The fourth-order valence-corrected chi connectivity index (χ4v) is 4.24. The van der Waals surface area contributed by atoms with E-state index in [9.17, 15) is 13.2 Å². The Hall–Kier alpha value is -1.70. The van der Waals surface area contributed by atoms with E-state index in [1.807, 2.05) is 13.0 Å². The molecule has 7 nitrogen and oxygen atoms in total. The van der Waals surface area contributed by atoms with E-state index in [-0.39, 0.29) is 5.25 Å². The van der Waals surface area contributed by atoms with Gasteiger partial charge in [-0.1, -0.05) is 12.8 Å². The van der Waals surface area contributed by atoms with Crippen LogP contribution in [0.3, 0.4) is 0 Å². The third-order valence-electron chi connectivity index (χ3n) is 3.69. The number of aryl methyl sites for hydroxylation is 1. The lowest BCUT2D eigenvalue weighted by Crippen LogP contribution is -2.36. The standard InChI is InChI=1S/C14H22N4O3S/c1-11-6-7-13(18-17-11)15-8-9-16-14(19)10-22(20,21)12-4-2-3-5-12/h6-7,12H,2-5,8-10H2,1H3,(H,15,18)(H,16,19). The number of nitrogens with zero attached hydrogens (tertiary/aromatic N) is 2. The molecule has 0 radical (unpaired) electrons. The van der Waals surface area contributed by atoms with Gasteiger partial charge in [0.05, 0.1) is 10.9 Å². The van der Waals surface area contributed by atoms with Crippen LogP contribution < -0.4 is 10.6 Å². The van der Waals surface area contributed by atoms with Gasteiger partial charge in [0, 0.05) is 13.1 Å². The van der Waals surface area contributed by atoms with Gasteiger partial charge in [-0.25, -0.2) is 8.42 Å². The van der Waals surface area contributed by atoms with Crippen molar-refractivity contribution in [3.63, 3.8) is 0 Å². The van der Waals surface area contributed by atoms with Crippen LogP contribution in [-0.2, 0) is 14.6 Å². The molecule has 0 spiro atoms. The fraction of sp³-hybridized carbons (Fsp3) is 0.643. The zero-order chi connectivity index (χ0) is 16.0. The van der Waals surface area contributed by atoms with Gasteiger partial charge >= 0.3 is 0 Å². The molecule has 0 saturated heterocycles. The minimum absolute atomic E-state index is 0.334. The molecular weight excluding hydrogens is 304 g/mol. The minimum atomic E-state index is -3.31. The number of hydrogen-bond donors (Lipinski definition) is 2. The highest BCUT2D eigenvalue weighted by molar-refractivity contribution is 7.92. The first kappa shape index (κ1) is 16.7. The van der Waals surface area contributed by atoms with Crippen molar-refractivity contribution in [2.45, 2.75) is 37.9 Å². The lowest BCUT2D eigenvalue weighted by atomic mass is 10.4. The summed E-state index contributed by atoms with van der Waals surface area (Å²) in [6.07, 6.45) is 3.24. The molecular formula is C14H22N4O3S. The first-order valence-electron chi connectivity index (χ1n) is 7.50. The Morgan fingerprint density at radius 1 is 1.23 bits per heavy atom. The summed E-state index contributed by atoms with van der Waals surface area (Å²) in [5, 5.41) is 13.1. The smallest absolute Gasteiger partial charge is 0.235 e. The van der Waals surface area contributed by atoms with E-state index in [1.165, 1.54) is 0 Å². The minimum Gasteiger partial charge on any atom is -0.367 e. The summed E-state index contributed by atoms with van der Waals surface area (Å²) >= 11 is 0. The van der Waals surface area contributed by atoms with Crippen LogP contribution in [0.15, 0.2) is 12.1 Å². The van der Waals surface area contributed by atoms with Crippen LogP contribution in [0.2, 0.25) is 0 Å².